The van der Waals surface area contributed by atoms with Crippen LogP contribution in [0.25, 0.3) is 0 Å². The smallest absolute Gasteiger partial charge is 0.410 e. The summed E-state index contributed by atoms with van der Waals surface area (Å²) >= 11 is 0. The van der Waals surface area contributed by atoms with Crippen molar-refractivity contribution in [3.8, 4) is 5.75 Å². The first-order valence-corrected chi connectivity index (χ1v) is 5.27. The fraction of sp³-hybridized carbons (Fsp3) is 0.500. The van der Waals surface area contributed by atoms with E-state index in [4.69, 9.17) is 10.5 Å². The zero-order valence-corrected chi connectivity index (χ0v) is 10.0. The predicted octanol–water partition coefficient (Wildman–Crippen LogP) is 3.21. The summed E-state index contributed by atoms with van der Waals surface area (Å²) in [5, 5.41) is 0. The highest BCUT2D eigenvalue weighted by Crippen LogP contribution is 2.36. The molecule has 1 unspecified atom stereocenters. The molecule has 0 aromatic heterocycles. The number of nitrogens with two attached hydrogens (primary N) is 1. The van der Waals surface area contributed by atoms with Crippen LogP contribution in [-0.2, 0) is 5.54 Å². The fourth-order valence-corrected chi connectivity index (χ4v) is 1.32. The van der Waals surface area contributed by atoms with Gasteiger partial charge in [-0.3, -0.25) is 0 Å². The van der Waals surface area contributed by atoms with E-state index in [9.17, 15) is 13.2 Å². The van der Waals surface area contributed by atoms with Crippen LogP contribution in [0.3, 0.4) is 0 Å². The van der Waals surface area contributed by atoms with Crippen LogP contribution in [0.4, 0.5) is 13.2 Å². The monoisotopic (exact) mass is 247 g/mol. The van der Waals surface area contributed by atoms with Crippen molar-refractivity contribution in [2.24, 2.45) is 5.73 Å². The van der Waals surface area contributed by atoms with E-state index in [0.717, 1.165) is 6.92 Å². The molecule has 0 aliphatic heterocycles. The molecular weight excluding hydrogens is 231 g/mol. The van der Waals surface area contributed by atoms with Gasteiger partial charge in [0, 0.05) is 0 Å². The van der Waals surface area contributed by atoms with Gasteiger partial charge in [0.2, 0.25) is 0 Å². The van der Waals surface area contributed by atoms with Gasteiger partial charge < -0.3 is 10.5 Å². The average molecular weight is 247 g/mol. The van der Waals surface area contributed by atoms with Crippen LogP contribution in [0.5, 0.6) is 5.75 Å². The van der Waals surface area contributed by atoms with Gasteiger partial charge >= 0.3 is 6.18 Å². The Balaban J connectivity index is 2.95. The summed E-state index contributed by atoms with van der Waals surface area (Å²) in [6.45, 7) is 4.64. The Hall–Kier alpha value is -1.23. The second kappa shape index (κ2) is 4.56. The molecule has 0 bridgehead atoms. The number of halogens is 3. The molecule has 17 heavy (non-hydrogen) atoms. The minimum Gasteiger partial charge on any atom is -0.491 e. The van der Waals surface area contributed by atoms with Crippen LogP contribution in [0.15, 0.2) is 24.3 Å². The average Bonchev–Trinajstić information content (AvgIpc) is 2.15. The maximum atomic E-state index is 12.7. The van der Waals surface area contributed by atoms with Gasteiger partial charge in [-0.1, -0.05) is 12.1 Å². The molecule has 0 aliphatic rings. The maximum Gasteiger partial charge on any atom is 0.410 e. The van der Waals surface area contributed by atoms with Crippen molar-refractivity contribution in [2.45, 2.75) is 38.6 Å². The van der Waals surface area contributed by atoms with Crippen LogP contribution >= 0.6 is 0 Å². The second-order valence-electron chi connectivity index (χ2n) is 4.39. The van der Waals surface area contributed by atoms with Crippen molar-refractivity contribution in [2.75, 3.05) is 0 Å². The van der Waals surface area contributed by atoms with Crippen LogP contribution < -0.4 is 10.5 Å². The van der Waals surface area contributed by atoms with Crippen molar-refractivity contribution >= 4 is 0 Å². The quantitative estimate of drug-likeness (QED) is 0.890. The van der Waals surface area contributed by atoms with E-state index in [1.165, 1.54) is 24.3 Å². The molecule has 0 saturated heterocycles. The number of rotatable bonds is 3. The lowest BCUT2D eigenvalue weighted by molar-refractivity contribution is -0.184. The van der Waals surface area contributed by atoms with Gasteiger partial charge in [0.05, 0.1) is 6.10 Å². The molecule has 0 aliphatic carbocycles. The van der Waals surface area contributed by atoms with Crippen molar-refractivity contribution in [1.29, 1.82) is 0 Å². The van der Waals surface area contributed by atoms with Crippen LogP contribution in [0.1, 0.15) is 26.3 Å². The third-order valence-corrected chi connectivity index (χ3v) is 2.41. The molecule has 0 amide bonds. The molecule has 0 spiro atoms. The van der Waals surface area contributed by atoms with Crippen LogP contribution in [-0.4, -0.2) is 12.3 Å². The first kappa shape index (κ1) is 13.8. The summed E-state index contributed by atoms with van der Waals surface area (Å²) in [6, 6.07) is 5.66. The fourth-order valence-electron chi connectivity index (χ4n) is 1.32. The summed E-state index contributed by atoms with van der Waals surface area (Å²) < 4.78 is 43.4. The van der Waals surface area contributed by atoms with E-state index < -0.39 is 11.7 Å². The maximum absolute atomic E-state index is 12.7. The number of hydrogen-bond donors (Lipinski definition) is 1. The van der Waals surface area contributed by atoms with Crippen molar-refractivity contribution < 1.29 is 17.9 Å². The largest absolute Gasteiger partial charge is 0.491 e. The summed E-state index contributed by atoms with van der Waals surface area (Å²) in [6.07, 6.45) is -4.50. The highest BCUT2D eigenvalue weighted by molar-refractivity contribution is 5.32. The van der Waals surface area contributed by atoms with E-state index >= 15 is 0 Å². The molecule has 0 fully saturated rings. The molecule has 1 atom stereocenters. The van der Waals surface area contributed by atoms with Crippen LogP contribution in [0.2, 0.25) is 0 Å². The molecule has 5 heteroatoms. The van der Waals surface area contributed by atoms with Crippen LogP contribution in [0, 0.1) is 0 Å². The topological polar surface area (TPSA) is 35.2 Å². The summed E-state index contributed by atoms with van der Waals surface area (Å²) in [5.74, 6) is 0.529. The lowest BCUT2D eigenvalue weighted by Crippen LogP contribution is -2.47. The SMILES string of the molecule is CC(C)Oc1ccc(C(C)(N)C(F)(F)F)cc1. The Labute approximate surface area is 98.6 Å². The third kappa shape index (κ3) is 3.12. The van der Waals surface area contributed by atoms with Gasteiger partial charge in [0.15, 0.2) is 0 Å². The standard InChI is InChI=1S/C12H16F3NO/c1-8(2)17-10-6-4-9(5-7-10)11(3,16)12(13,14)15/h4-8H,16H2,1-3H3. The summed E-state index contributed by atoms with van der Waals surface area (Å²) in [7, 11) is 0. The van der Waals surface area contributed by atoms with E-state index in [-0.39, 0.29) is 11.7 Å². The Morgan fingerprint density at radius 2 is 1.59 bits per heavy atom. The molecule has 2 nitrogen and oxygen atoms in total. The Kier molecular flexibility index (Phi) is 3.71. The molecule has 0 saturated carbocycles. The Morgan fingerprint density at radius 1 is 1.12 bits per heavy atom. The lowest BCUT2D eigenvalue weighted by Gasteiger charge is -2.28. The highest BCUT2D eigenvalue weighted by Gasteiger charge is 2.49. The van der Waals surface area contributed by atoms with E-state index in [1.54, 1.807) is 0 Å². The van der Waals surface area contributed by atoms with Crippen molar-refractivity contribution in [3.05, 3.63) is 29.8 Å². The van der Waals surface area contributed by atoms with Gasteiger partial charge in [0.1, 0.15) is 11.3 Å². The summed E-state index contributed by atoms with van der Waals surface area (Å²) in [5.41, 5.74) is 2.97. The number of alkyl halides is 3. The molecule has 1 aromatic carbocycles. The van der Waals surface area contributed by atoms with E-state index in [2.05, 4.69) is 0 Å². The molecule has 96 valence electrons. The molecule has 0 radical (unpaired) electrons. The lowest BCUT2D eigenvalue weighted by atomic mass is 9.92. The summed E-state index contributed by atoms with van der Waals surface area (Å²) in [4.78, 5) is 0. The van der Waals surface area contributed by atoms with E-state index in [0.29, 0.717) is 5.75 Å². The van der Waals surface area contributed by atoms with Gasteiger partial charge in [-0.2, -0.15) is 13.2 Å². The minimum absolute atomic E-state index is 0.0149. The molecule has 0 heterocycles. The molecule has 2 N–H and O–H groups in total. The number of ether oxygens (including phenoxy) is 1. The van der Waals surface area contributed by atoms with Gasteiger partial charge in [-0.05, 0) is 38.5 Å². The van der Waals surface area contributed by atoms with Gasteiger partial charge in [-0.15, -0.1) is 0 Å². The predicted molar refractivity (Wildman–Crippen MR) is 59.8 cm³/mol. The third-order valence-electron chi connectivity index (χ3n) is 2.41. The Bertz CT molecular complexity index is 368. The van der Waals surface area contributed by atoms with Crippen molar-refractivity contribution in [1.82, 2.24) is 0 Å². The van der Waals surface area contributed by atoms with Crippen molar-refractivity contribution in [3.63, 3.8) is 0 Å². The van der Waals surface area contributed by atoms with Gasteiger partial charge in [-0.25, -0.2) is 0 Å². The zero-order valence-electron chi connectivity index (χ0n) is 10.0. The van der Waals surface area contributed by atoms with E-state index in [1.807, 2.05) is 13.8 Å². The molecular formula is C12H16F3NO. The van der Waals surface area contributed by atoms with Gasteiger partial charge in [0.25, 0.3) is 0 Å². The Morgan fingerprint density at radius 3 is 1.94 bits per heavy atom. The number of hydrogen-bond acceptors (Lipinski definition) is 2. The zero-order chi connectivity index (χ0) is 13.3. The highest BCUT2D eigenvalue weighted by atomic mass is 19.4. The second-order valence-corrected chi connectivity index (χ2v) is 4.39. The first-order valence-electron chi connectivity index (χ1n) is 5.27. The number of benzene rings is 1. The molecule has 1 aromatic rings. The normalized spacial score (nSPS) is 15.8. The molecule has 1 rings (SSSR count). The first-order chi connectivity index (χ1) is 7.64. The minimum atomic E-state index is -4.48.